The molecule has 2 N–H and O–H groups in total. The molecule has 0 aliphatic rings. The molecule has 0 aromatic heterocycles. The Hall–Kier alpha value is -1.69. The predicted octanol–water partition coefficient (Wildman–Crippen LogP) is 3.19. The maximum absolute atomic E-state index is 12.4. The number of hydrogen-bond acceptors (Lipinski definition) is 2. The van der Waals surface area contributed by atoms with Crippen LogP contribution in [0.25, 0.3) is 0 Å². The van der Waals surface area contributed by atoms with E-state index in [-0.39, 0.29) is 24.5 Å². The summed E-state index contributed by atoms with van der Waals surface area (Å²) >= 11 is 0. The Balaban J connectivity index is 0.00000361. The fraction of sp³-hybridized carbons (Fsp3) is 0.308. The van der Waals surface area contributed by atoms with Gasteiger partial charge < -0.3 is 10.6 Å². The zero-order valence-corrected chi connectivity index (χ0v) is 11.7. The average molecular weight is 309 g/mol. The van der Waals surface area contributed by atoms with Gasteiger partial charge in [0.05, 0.1) is 0 Å². The molecule has 7 heteroatoms. The van der Waals surface area contributed by atoms with Crippen LogP contribution in [0.2, 0.25) is 0 Å². The molecule has 1 rings (SSSR count). The molecule has 0 unspecified atom stereocenters. The Kier molecular flexibility index (Phi) is 6.58. The van der Waals surface area contributed by atoms with Gasteiger partial charge >= 0.3 is 6.18 Å². The molecule has 0 bridgehead atoms. The molecule has 112 valence electrons. The topological polar surface area (TPSA) is 46.3 Å². The van der Waals surface area contributed by atoms with Crippen molar-refractivity contribution in [2.45, 2.75) is 13.1 Å². The van der Waals surface area contributed by atoms with Crippen LogP contribution < -0.4 is 5.73 Å². The van der Waals surface area contributed by atoms with Crippen LogP contribution in [-0.4, -0.2) is 30.1 Å². The van der Waals surface area contributed by atoms with Crippen LogP contribution in [0.4, 0.5) is 18.9 Å². The predicted molar refractivity (Wildman–Crippen MR) is 75.0 cm³/mol. The summed E-state index contributed by atoms with van der Waals surface area (Å²) in [5.41, 5.74) is 6.64. The first kappa shape index (κ1) is 18.3. The molecule has 1 aromatic rings. The van der Waals surface area contributed by atoms with Crippen LogP contribution in [0.1, 0.15) is 15.9 Å². The van der Waals surface area contributed by atoms with Crippen molar-refractivity contribution in [3.8, 4) is 0 Å². The van der Waals surface area contributed by atoms with Crippen LogP contribution in [0.3, 0.4) is 0 Å². The number of rotatable bonds is 4. The SMILES string of the molecule is C=CCN(CC(F)(F)F)C(=O)c1cc(N)ccc1C.Cl. The second-order valence-corrected chi connectivity index (χ2v) is 4.16. The lowest BCUT2D eigenvalue weighted by Gasteiger charge is -2.23. The molecule has 0 aliphatic carbocycles. The van der Waals surface area contributed by atoms with Crippen molar-refractivity contribution in [3.63, 3.8) is 0 Å². The third-order valence-electron chi connectivity index (χ3n) is 2.50. The van der Waals surface area contributed by atoms with Gasteiger partial charge in [-0.25, -0.2) is 0 Å². The fourth-order valence-corrected chi connectivity index (χ4v) is 1.63. The maximum Gasteiger partial charge on any atom is 0.406 e. The molecular weight excluding hydrogens is 293 g/mol. The summed E-state index contributed by atoms with van der Waals surface area (Å²) in [4.78, 5) is 12.8. The van der Waals surface area contributed by atoms with Crippen molar-refractivity contribution in [2.24, 2.45) is 0 Å². The number of nitrogens with zero attached hydrogens (tertiary/aromatic N) is 1. The highest BCUT2D eigenvalue weighted by Gasteiger charge is 2.33. The number of aryl methyl sites for hydroxylation is 1. The van der Waals surface area contributed by atoms with Gasteiger partial charge in [-0.2, -0.15) is 13.2 Å². The lowest BCUT2D eigenvalue weighted by molar-refractivity contribution is -0.139. The van der Waals surface area contributed by atoms with Gasteiger partial charge in [-0.3, -0.25) is 4.79 Å². The van der Waals surface area contributed by atoms with E-state index in [1.54, 1.807) is 19.1 Å². The molecular formula is C13H16ClF3N2O. The molecule has 1 amide bonds. The van der Waals surface area contributed by atoms with Crippen LogP contribution in [-0.2, 0) is 0 Å². The number of halogens is 4. The molecule has 0 spiro atoms. The Bertz CT molecular complexity index is 489. The normalized spacial score (nSPS) is 10.6. The summed E-state index contributed by atoms with van der Waals surface area (Å²) in [6.07, 6.45) is -3.20. The number of carbonyl (C=O) groups excluding carboxylic acids is 1. The molecule has 0 fully saturated rings. The first-order chi connectivity index (χ1) is 8.74. The summed E-state index contributed by atoms with van der Waals surface area (Å²) in [6, 6.07) is 4.57. The fourth-order valence-electron chi connectivity index (χ4n) is 1.63. The minimum absolute atomic E-state index is 0. The Morgan fingerprint density at radius 3 is 2.55 bits per heavy atom. The first-order valence-corrected chi connectivity index (χ1v) is 5.57. The smallest absolute Gasteiger partial charge is 0.399 e. The highest BCUT2D eigenvalue weighted by atomic mass is 35.5. The van der Waals surface area contributed by atoms with Gasteiger partial charge in [-0.15, -0.1) is 19.0 Å². The molecule has 0 heterocycles. The maximum atomic E-state index is 12.4. The van der Waals surface area contributed by atoms with Crippen LogP contribution in [0.5, 0.6) is 0 Å². The molecule has 1 aromatic carbocycles. The monoisotopic (exact) mass is 308 g/mol. The van der Waals surface area contributed by atoms with E-state index >= 15 is 0 Å². The largest absolute Gasteiger partial charge is 0.406 e. The number of hydrogen-bond donors (Lipinski definition) is 1. The van der Waals surface area contributed by atoms with Gasteiger partial charge in [-0.05, 0) is 24.6 Å². The highest BCUT2D eigenvalue weighted by Crippen LogP contribution is 2.20. The van der Waals surface area contributed by atoms with Gasteiger partial charge in [0.25, 0.3) is 5.91 Å². The Morgan fingerprint density at radius 1 is 1.45 bits per heavy atom. The van der Waals surface area contributed by atoms with Gasteiger partial charge in [0.1, 0.15) is 6.54 Å². The van der Waals surface area contributed by atoms with Gasteiger partial charge in [0.2, 0.25) is 0 Å². The van der Waals surface area contributed by atoms with E-state index in [9.17, 15) is 18.0 Å². The number of nitrogen functional groups attached to an aromatic ring is 1. The molecule has 3 nitrogen and oxygen atoms in total. The lowest BCUT2D eigenvalue weighted by Crippen LogP contribution is -2.39. The van der Waals surface area contributed by atoms with Crippen molar-refractivity contribution >= 4 is 24.0 Å². The number of amides is 1. The number of benzene rings is 1. The Labute approximate surface area is 121 Å². The summed E-state index contributed by atoms with van der Waals surface area (Å²) in [5, 5.41) is 0. The van der Waals surface area contributed by atoms with E-state index in [1.807, 2.05) is 0 Å². The third-order valence-corrected chi connectivity index (χ3v) is 2.50. The molecule has 0 radical (unpaired) electrons. The standard InChI is InChI=1S/C13H15F3N2O.ClH/c1-3-6-18(8-13(14,15)16)12(19)11-7-10(17)5-4-9(11)2;/h3-5,7H,1,6,8,17H2,2H3;1H. The molecule has 0 aliphatic heterocycles. The van der Waals surface area contributed by atoms with E-state index in [1.165, 1.54) is 12.1 Å². The number of anilines is 1. The summed E-state index contributed by atoms with van der Waals surface area (Å²) in [7, 11) is 0. The average Bonchev–Trinajstić information content (AvgIpc) is 2.29. The minimum atomic E-state index is -4.45. The Morgan fingerprint density at radius 2 is 2.05 bits per heavy atom. The van der Waals surface area contributed by atoms with Crippen LogP contribution in [0.15, 0.2) is 30.9 Å². The van der Waals surface area contributed by atoms with Gasteiger partial charge in [-0.1, -0.05) is 12.1 Å². The number of nitrogens with two attached hydrogens (primary N) is 1. The molecule has 20 heavy (non-hydrogen) atoms. The van der Waals surface area contributed by atoms with Crippen LogP contribution in [0, 0.1) is 6.92 Å². The number of alkyl halides is 3. The third kappa shape index (κ3) is 5.13. The van der Waals surface area contributed by atoms with E-state index in [2.05, 4.69) is 6.58 Å². The van der Waals surface area contributed by atoms with Crippen molar-refractivity contribution in [1.29, 1.82) is 0 Å². The quantitative estimate of drug-likeness (QED) is 0.686. The summed E-state index contributed by atoms with van der Waals surface area (Å²) in [5.74, 6) is -0.706. The highest BCUT2D eigenvalue weighted by molar-refractivity contribution is 5.96. The van der Waals surface area contributed by atoms with Crippen molar-refractivity contribution < 1.29 is 18.0 Å². The molecule has 0 saturated heterocycles. The van der Waals surface area contributed by atoms with Crippen molar-refractivity contribution in [3.05, 3.63) is 42.0 Å². The number of carbonyl (C=O) groups is 1. The molecule has 0 saturated carbocycles. The summed E-state index contributed by atoms with van der Waals surface area (Å²) in [6.45, 7) is 3.52. The van der Waals surface area contributed by atoms with Crippen LogP contribution >= 0.6 is 12.4 Å². The first-order valence-electron chi connectivity index (χ1n) is 5.57. The minimum Gasteiger partial charge on any atom is -0.399 e. The van der Waals surface area contributed by atoms with E-state index < -0.39 is 18.6 Å². The van der Waals surface area contributed by atoms with E-state index in [0.717, 1.165) is 0 Å². The van der Waals surface area contributed by atoms with Crippen molar-refractivity contribution in [2.75, 3.05) is 18.8 Å². The van der Waals surface area contributed by atoms with Crippen molar-refractivity contribution in [1.82, 2.24) is 4.90 Å². The van der Waals surface area contributed by atoms with Gasteiger partial charge in [0.15, 0.2) is 0 Å². The van der Waals surface area contributed by atoms with E-state index in [0.29, 0.717) is 16.2 Å². The second kappa shape index (κ2) is 7.19. The zero-order valence-electron chi connectivity index (χ0n) is 10.9. The summed E-state index contributed by atoms with van der Waals surface area (Å²) < 4.78 is 37.3. The van der Waals surface area contributed by atoms with Gasteiger partial charge in [0, 0.05) is 17.8 Å². The lowest BCUT2D eigenvalue weighted by atomic mass is 10.1. The van der Waals surface area contributed by atoms with E-state index in [4.69, 9.17) is 5.73 Å². The molecule has 0 atom stereocenters. The second-order valence-electron chi connectivity index (χ2n) is 4.16. The zero-order chi connectivity index (χ0) is 14.6.